The fourth-order valence-corrected chi connectivity index (χ4v) is 2.30. The van der Waals surface area contributed by atoms with Gasteiger partial charge in [-0.05, 0) is 29.3 Å². The van der Waals surface area contributed by atoms with E-state index in [1.165, 1.54) is 6.07 Å². The Bertz CT molecular complexity index is 629. The first-order valence-electron chi connectivity index (χ1n) is 6.19. The lowest BCUT2D eigenvalue weighted by atomic mass is 10.1. The first kappa shape index (κ1) is 15.9. The van der Waals surface area contributed by atoms with Gasteiger partial charge in [-0.15, -0.1) is 0 Å². The SMILES string of the molecule is OCc1cccc(CNc2ccc(Br)cc2C(F)(F)F)c1. The number of aliphatic hydroxyl groups is 1. The molecule has 2 N–H and O–H groups in total. The minimum absolute atomic E-state index is 0.0279. The van der Waals surface area contributed by atoms with Gasteiger partial charge >= 0.3 is 6.18 Å². The van der Waals surface area contributed by atoms with E-state index in [4.69, 9.17) is 5.11 Å². The van der Waals surface area contributed by atoms with Crippen LogP contribution < -0.4 is 5.32 Å². The van der Waals surface area contributed by atoms with E-state index < -0.39 is 11.7 Å². The standard InChI is InChI=1S/C15H13BrF3NO/c16-12-4-5-14(13(7-12)15(17,18)19)20-8-10-2-1-3-11(6-10)9-21/h1-7,20-21H,8-9H2. The van der Waals surface area contributed by atoms with E-state index in [1.807, 2.05) is 0 Å². The second-order valence-corrected chi connectivity index (χ2v) is 5.43. The maximum Gasteiger partial charge on any atom is 0.418 e. The summed E-state index contributed by atoms with van der Waals surface area (Å²) in [5.74, 6) is 0. The normalized spacial score (nSPS) is 11.5. The van der Waals surface area contributed by atoms with Crippen molar-refractivity contribution < 1.29 is 18.3 Å². The molecule has 0 aliphatic rings. The van der Waals surface area contributed by atoms with Crippen molar-refractivity contribution in [2.24, 2.45) is 0 Å². The van der Waals surface area contributed by atoms with Crippen LogP contribution in [-0.2, 0) is 19.3 Å². The third kappa shape index (κ3) is 4.22. The molecule has 0 aromatic heterocycles. The quantitative estimate of drug-likeness (QED) is 0.837. The number of hydrogen-bond donors (Lipinski definition) is 2. The molecule has 2 rings (SSSR count). The fourth-order valence-electron chi connectivity index (χ4n) is 1.94. The van der Waals surface area contributed by atoms with Crippen LogP contribution in [0.4, 0.5) is 18.9 Å². The predicted molar refractivity (Wildman–Crippen MR) is 78.8 cm³/mol. The summed E-state index contributed by atoms with van der Waals surface area (Å²) in [5, 5.41) is 11.8. The molecule has 6 heteroatoms. The van der Waals surface area contributed by atoms with Crippen molar-refractivity contribution in [3.8, 4) is 0 Å². The van der Waals surface area contributed by atoms with Crippen molar-refractivity contribution in [1.29, 1.82) is 0 Å². The lowest BCUT2D eigenvalue weighted by Gasteiger charge is -2.15. The topological polar surface area (TPSA) is 32.3 Å². The largest absolute Gasteiger partial charge is 0.418 e. The highest BCUT2D eigenvalue weighted by Gasteiger charge is 2.33. The van der Waals surface area contributed by atoms with Crippen molar-refractivity contribution in [3.63, 3.8) is 0 Å². The highest BCUT2D eigenvalue weighted by atomic mass is 79.9. The van der Waals surface area contributed by atoms with E-state index in [0.717, 1.165) is 17.2 Å². The summed E-state index contributed by atoms with van der Waals surface area (Å²) in [5.41, 5.74) is 0.842. The zero-order valence-corrected chi connectivity index (χ0v) is 12.5. The van der Waals surface area contributed by atoms with E-state index in [-0.39, 0.29) is 18.8 Å². The number of benzene rings is 2. The molecule has 21 heavy (non-hydrogen) atoms. The monoisotopic (exact) mass is 359 g/mol. The molecule has 0 heterocycles. The first-order valence-corrected chi connectivity index (χ1v) is 6.99. The molecular weight excluding hydrogens is 347 g/mol. The van der Waals surface area contributed by atoms with Gasteiger partial charge < -0.3 is 10.4 Å². The number of anilines is 1. The number of aliphatic hydroxyl groups excluding tert-OH is 1. The molecule has 0 unspecified atom stereocenters. The summed E-state index contributed by atoms with van der Waals surface area (Å²) >= 11 is 3.05. The smallest absolute Gasteiger partial charge is 0.392 e. The molecular formula is C15H13BrF3NO. The van der Waals surface area contributed by atoms with Gasteiger partial charge in [0.25, 0.3) is 0 Å². The van der Waals surface area contributed by atoms with Crippen molar-refractivity contribution in [3.05, 3.63) is 63.6 Å². The maximum atomic E-state index is 13.0. The maximum absolute atomic E-state index is 13.0. The molecule has 2 nitrogen and oxygen atoms in total. The van der Waals surface area contributed by atoms with Gasteiger partial charge in [0.05, 0.1) is 12.2 Å². The molecule has 2 aromatic rings. The molecule has 0 bridgehead atoms. The second-order valence-electron chi connectivity index (χ2n) is 4.52. The van der Waals surface area contributed by atoms with E-state index in [1.54, 1.807) is 30.3 Å². The Labute approximate surface area is 128 Å². The highest BCUT2D eigenvalue weighted by molar-refractivity contribution is 9.10. The molecule has 2 aromatic carbocycles. The van der Waals surface area contributed by atoms with Gasteiger partial charge in [-0.25, -0.2) is 0 Å². The van der Waals surface area contributed by atoms with Crippen molar-refractivity contribution in [2.45, 2.75) is 19.3 Å². The molecule has 0 atom stereocenters. The Morgan fingerprint density at radius 1 is 1.05 bits per heavy atom. The van der Waals surface area contributed by atoms with Crippen molar-refractivity contribution >= 4 is 21.6 Å². The molecule has 0 radical (unpaired) electrons. The lowest BCUT2D eigenvalue weighted by Crippen LogP contribution is -2.11. The van der Waals surface area contributed by atoms with Crippen LogP contribution in [0.3, 0.4) is 0 Å². The lowest BCUT2D eigenvalue weighted by molar-refractivity contribution is -0.137. The molecule has 0 spiro atoms. The van der Waals surface area contributed by atoms with Crippen LogP contribution in [0, 0.1) is 0 Å². The third-order valence-corrected chi connectivity index (χ3v) is 3.44. The van der Waals surface area contributed by atoms with Crippen molar-refractivity contribution in [2.75, 3.05) is 5.32 Å². The van der Waals surface area contributed by atoms with Crippen molar-refractivity contribution in [1.82, 2.24) is 0 Å². The molecule has 0 aliphatic carbocycles. The van der Waals surface area contributed by atoms with E-state index >= 15 is 0 Å². The van der Waals surface area contributed by atoms with Gasteiger partial charge in [0, 0.05) is 16.7 Å². The average Bonchev–Trinajstić information content (AvgIpc) is 2.45. The van der Waals surface area contributed by atoms with Gasteiger partial charge in [-0.1, -0.05) is 40.2 Å². The van der Waals surface area contributed by atoms with Crippen LogP contribution in [0.25, 0.3) is 0 Å². The van der Waals surface area contributed by atoms with Gasteiger partial charge in [0.2, 0.25) is 0 Å². The Balaban J connectivity index is 2.20. The molecule has 0 aliphatic heterocycles. The summed E-state index contributed by atoms with van der Waals surface area (Å²) in [7, 11) is 0. The summed E-state index contributed by atoms with van der Waals surface area (Å²) in [4.78, 5) is 0. The molecule has 112 valence electrons. The summed E-state index contributed by atoms with van der Waals surface area (Å²) < 4.78 is 39.3. The second kappa shape index (κ2) is 6.49. The minimum atomic E-state index is -4.42. The van der Waals surface area contributed by atoms with Crippen LogP contribution in [0.5, 0.6) is 0 Å². The predicted octanol–water partition coefficient (Wildman–Crippen LogP) is 4.57. The Morgan fingerprint density at radius 3 is 2.43 bits per heavy atom. The van der Waals surface area contributed by atoms with Crippen LogP contribution in [0.15, 0.2) is 46.9 Å². The first-order chi connectivity index (χ1) is 9.90. The Hall–Kier alpha value is -1.53. The van der Waals surface area contributed by atoms with Crippen LogP contribution in [-0.4, -0.2) is 5.11 Å². The van der Waals surface area contributed by atoms with Gasteiger partial charge in [-0.3, -0.25) is 0 Å². The fraction of sp³-hybridized carbons (Fsp3) is 0.200. The van der Waals surface area contributed by atoms with Crippen LogP contribution in [0.2, 0.25) is 0 Å². The van der Waals surface area contributed by atoms with E-state index in [2.05, 4.69) is 21.2 Å². The number of hydrogen-bond acceptors (Lipinski definition) is 2. The van der Waals surface area contributed by atoms with E-state index in [9.17, 15) is 13.2 Å². The zero-order chi connectivity index (χ0) is 15.5. The summed E-state index contributed by atoms with van der Waals surface area (Å²) in [6.45, 7) is 0.151. The Kier molecular flexibility index (Phi) is 4.90. The van der Waals surface area contributed by atoms with Gasteiger partial charge in [0.15, 0.2) is 0 Å². The highest BCUT2D eigenvalue weighted by Crippen LogP contribution is 2.36. The van der Waals surface area contributed by atoms with Crippen LogP contribution in [0.1, 0.15) is 16.7 Å². The molecule has 0 saturated heterocycles. The number of alkyl halides is 3. The minimum Gasteiger partial charge on any atom is -0.392 e. The van der Waals surface area contributed by atoms with Crippen LogP contribution >= 0.6 is 15.9 Å². The summed E-state index contributed by atoms with van der Waals surface area (Å²) in [6.07, 6.45) is -4.42. The van der Waals surface area contributed by atoms with Gasteiger partial charge in [-0.2, -0.15) is 13.2 Å². The molecule has 0 saturated carbocycles. The molecule has 0 fully saturated rings. The number of nitrogens with one attached hydrogen (secondary N) is 1. The third-order valence-electron chi connectivity index (χ3n) is 2.94. The zero-order valence-electron chi connectivity index (χ0n) is 10.9. The Morgan fingerprint density at radius 2 is 1.76 bits per heavy atom. The average molecular weight is 360 g/mol. The number of halogens is 4. The van der Waals surface area contributed by atoms with Gasteiger partial charge in [0.1, 0.15) is 0 Å². The van der Waals surface area contributed by atoms with E-state index in [0.29, 0.717) is 4.47 Å². The summed E-state index contributed by atoms with van der Waals surface area (Å²) in [6, 6.07) is 11.0. The molecule has 0 amide bonds. The number of rotatable bonds is 4.